The number of methoxy groups -OCH3 is 1. The molecule has 30 heavy (non-hydrogen) atoms. The Morgan fingerprint density at radius 1 is 0.967 bits per heavy atom. The Morgan fingerprint density at radius 2 is 1.73 bits per heavy atom. The van der Waals surface area contributed by atoms with E-state index in [2.05, 4.69) is 10.3 Å². The van der Waals surface area contributed by atoms with Crippen molar-refractivity contribution in [1.82, 2.24) is 10.3 Å². The van der Waals surface area contributed by atoms with Gasteiger partial charge in [0.2, 0.25) is 5.91 Å². The number of carbonyl (C=O) groups excluding carboxylic acids is 1. The van der Waals surface area contributed by atoms with Gasteiger partial charge in [-0.25, -0.2) is 0 Å². The summed E-state index contributed by atoms with van der Waals surface area (Å²) < 4.78 is 5.53. The first-order valence-electron chi connectivity index (χ1n) is 9.70. The summed E-state index contributed by atoms with van der Waals surface area (Å²) in [6.07, 6.45) is 1.87. The Balaban J connectivity index is 1.76. The summed E-state index contributed by atoms with van der Waals surface area (Å²) >= 11 is 0. The zero-order valence-corrected chi connectivity index (χ0v) is 16.6. The number of hydrogen-bond donors (Lipinski definition) is 2. The van der Waals surface area contributed by atoms with Crippen LogP contribution in [0.5, 0.6) is 11.5 Å². The largest absolute Gasteiger partial charge is 0.505 e. The standard InChI is InChI=1S/C25H22N2O3/c1-30-21-12-6-5-11-19(21)24(27-22(28)16-17-8-3-2-4-9-17)20-14-13-18-10-7-15-26-23(18)25(20)29/h2-15,24,29H,16H2,1H3,(H,27,28). The van der Waals surface area contributed by atoms with Crippen LogP contribution in [0, 0.1) is 0 Å². The molecule has 3 aromatic carbocycles. The van der Waals surface area contributed by atoms with E-state index in [-0.39, 0.29) is 18.1 Å². The molecule has 0 fully saturated rings. The summed E-state index contributed by atoms with van der Waals surface area (Å²) in [5.41, 5.74) is 2.73. The molecule has 1 unspecified atom stereocenters. The minimum absolute atomic E-state index is 0.0454. The number of phenolic OH excluding ortho intramolecular Hbond substituents is 1. The number of phenols is 1. The van der Waals surface area contributed by atoms with Gasteiger partial charge in [0.25, 0.3) is 0 Å². The predicted octanol–water partition coefficient (Wildman–Crippen LogP) is 4.40. The van der Waals surface area contributed by atoms with Gasteiger partial charge in [-0.05, 0) is 17.7 Å². The maximum atomic E-state index is 12.9. The number of carbonyl (C=O) groups is 1. The van der Waals surface area contributed by atoms with Crippen molar-refractivity contribution in [2.24, 2.45) is 0 Å². The summed E-state index contributed by atoms with van der Waals surface area (Å²) in [5.74, 6) is 0.518. The number of nitrogens with zero attached hydrogens (tertiary/aromatic N) is 1. The highest BCUT2D eigenvalue weighted by Gasteiger charge is 2.24. The molecule has 150 valence electrons. The molecule has 0 bridgehead atoms. The fraction of sp³-hybridized carbons (Fsp3) is 0.120. The van der Waals surface area contributed by atoms with Crippen LogP contribution in [0.4, 0.5) is 0 Å². The van der Waals surface area contributed by atoms with Crippen LogP contribution in [-0.4, -0.2) is 23.1 Å². The maximum Gasteiger partial charge on any atom is 0.225 e. The van der Waals surface area contributed by atoms with E-state index in [0.717, 1.165) is 16.5 Å². The van der Waals surface area contributed by atoms with Gasteiger partial charge in [0.1, 0.15) is 17.0 Å². The molecular formula is C25H22N2O3. The lowest BCUT2D eigenvalue weighted by molar-refractivity contribution is -0.120. The third kappa shape index (κ3) is 3.96. The van der Waals surface area contributed by atoms with Crippen molar-refractivity contribution in [3.05, 3.63) is 102 Å². The summed E-state index contributed by atoms with van der Waals surface area (Å²) in [4.78, 5) is 17.2. The molecule has 4 rings (SSSR count). The number of aromatic nitrogens is 1. The minimum Gasteiger partial charge on any atom is -0.505 e. The third-order valence-corrected chi connectivity index (χ3v) is 5.05. The van der Waals surface area contributed by atoms with E-state index >= 15 is 0 Å². The first-order valence-corrected chi connectivity index (χ1v) is 9.70. The Kier molecular flexibility index (Phi) is 5.61. The number of hydrogen-bond acceptors (Lipinski definition) is 4. The quantitative estimate of drug-likeness (QED) is 0.505. The molecule has 2 N–H and O–H groups in total. The molecule has 5 nitrogen and oxygen atoms in total. The van der Waals surface area contributed by atoms with E-state index < -0.39 is 6.04 Å². The lowest BCUT2D eigenvalue weighted by Gasteiger charge is -2.23. The fourth-order valence-electron chi connectivity index (χ4n) is 3.60. The number of para-hydroxylation sites is 1. The van der Waals surface area contributed by atoms with Crippen LogP contribution >= 0.6 is 0 Å². The minimum atomic E-state index is -0.594. The molecule has 0 aliphatic heterocycles. The number of ether oxygens (including phenoxy) is 1. The molecule has 5 heteroatoms. The lowest BCUT2D eigenvalue weighted by atomic mass is 9.95. The Labute approximate surface area is 175 Å². The van der Waals surface area contributed by atoms with Crippen LogP contribution in [0.15, 0.2) is 85.1 Å². The van der Waals surface area contributed by atoms with Gasteiger partial charge in [-0.1, -0.05) is 66.7 Å². The van der Waals surface area contributed by atoms with Gasteiger partial charge >= 0.3 is 0 Å². The highest BCUT2D eigenvalue weighted by molar-refractivity contribution is 5.86. The molecule has 4 aromatic rings. The van der Waals surface area contributed by atoms with Gasteiger partial charge in [-0.2, -0.15) is 0 Å². The van der Waals surface area contributed by atoms with E-state index in [9.17, 15) is 9.90 Å². The number of fused-ring (bicyclic) bond motifs is 1. The van der Waals surface area contributed by atoms with Crippen LogP contribution in [0.1, 0.15) is 22.7 Å². The van der Waals surface area contributed by atoms with Crippen molar-refractivity contribution in [2.75, 3.05) is 7.11 Å². The van der Waals surface area contributed by atoms with Gasteiger partial charge in [0.05, 0.1) is 19.6 Å². The normalized spacial score (nSPS) is 11.8. The first-order chi connectivity index (χ1) is 14.7. The van der Waals surface area contributed by atoms with E-state index in [4.69, 9.17) is 4.74 Å². The molecule has 1 atom stereocenters. The number of rotatable bonds is 6. The van der Waals surface area contributed by atoms with Gasteiger partial charge in [0.15, 0.2) is 0 Å². The predicted molar refractivity (Wildman–Crippen MR) is 117 cm³/mol. The Bertz CT molecular complexity index is 1180. The van der Waals surface area contributed by atoms with Crippen molar-refractivity contribution in [1.29, 1.82) is 0 Å². The topological polar surface area (TPSA) is 71.5 Å². The molecule has 0 saturated carbocycles. The second-order valence-electron chi connectivity index (χ2n) is 6.98. The van der Waals surface area contributed by atoms with Crippen LogP contribution in [0.25, 0.3) is 10.9 Å². The average Bonchev–Trinajstić information content (AvgIpc) is 2.79. The molecule has 0 radical (unpaired) electrons. The second kappa shape index (κ2) is 8.66. The molecule has 0 aliphatic carbocycles. The number of aromatic hydroxyl groups is 1. The van der Waals surface area contributed by atoms with Crippen molar-refractivity contribution in [3.8, 4) is 11.5 Å². The third-order valence-electron chi connectivity index (χ3n) is 5.05. The first kappa shape index (κ1) is 19.5. The highest BCUT2D eigenvalue weighted by atomic mass is 16.5. The van der Waals surface area contributed by atoms with E-state index in [0.29, 0.717) is 16.8 Å². The lowest BCUT2D eigenvalue weighted by Crippen LogP contribution is -2.31. The van der Waals surface area contributed by atoms with Crippen LogP contribution in [0.2, 0.25) is 0 Å². The monoisotopic (exact) mass is 398 g/mol. The molecule has 1 aromatic heterocycles. The number of pyridine rings is 1. The number of amides is 1. The van der Waals surface area contributed by atoms with E-state index in [1.807, 2.05) is 78.9 Å². The van der Waals surface area contributed by atoms with Crippen molar-refractivity contribution >= 4 is 16.8 Å². The zero-order valence-electron chi connectivity index (χ0n) is 16.6. The molecule has 1 amide bonds. The second-order valence-corrected chi connectivity index (χ2v) is 6.98. The van der Waals surface area contributed by atoms with Crippen LogP contribution in [0.3, 0.4) is 0 Å². The van der Waals surface area contributed by atoms with Crippen molar-refractivity contribution < 1.29 is 14.6 Å². The SMILES string of the molecule is COc1ccccc1C(NC(=O)Cc1ccccc1)c1ccc2cccnc2c1O. The molecule has 0 saturated heterocycles. The number of benzene rings is 3. The van der Waals surface area contributed by atoms with Crippen LogP contribution in [-0.2, 0) is 11.2 Å². The summed E-state index contributed by atoms with van der Waals surface area (Å²) in [6, 6.07) is 23.8. The fourth-order valence-corrected chi connectivity index (χ4v) is 3.60. The van der Waals surface area contributed by atoms with Crippen molar-refractivity contribution in [2.45, 2.75) is 12.5 Å². The molecular weight excluding hydrogens is 376 g/mol. The average molecular weight is 398 g/mol. The zero-order chi connectivity index (χ0) is 20.9. The van der Waals surface area contributed by atoms with E-state index in [1.54, 1.807) is 13.3 Å². The summed E-state index contributed by atoms with van der Waals surface area (Å²) in [6.45, 7) is 0. The Morgan fingerprint density at radius 3 is 2.53 bits per heavy atom. The Hall–Kier alpha value is -3.86. The smallest absolute Gasteiger partial charge is 0.225 e. The van der Waals surface area contributed by atoms with Gasteiger partial charge in [-0.15, -0.1) is 0 Å². The number of nitrogens with one attached hydrogen (secondary N) is 1. The maximum absolute atomic E-state index is 12.9. The highest BCUT2D eigenvalue weighted by Crippen LogP contribution is 2.37. The van der Waals surface area contributed by atoms with Gasteiger partial charge in [-0.3, -0.25) is 9.78 Å². The summed E-state index contributed by atoms with van der Waals surface area (Å²) in [5, 5.41) is 14.9. The van der Waals surface area contributed by atoms with Crippen molar-refractivity contribution in [3.63, 3.8) is 0 Å². The van der Waals surface area contributed by atoms with E-state index in [1.165, 1.54) is 0 Å². The van der Waals surface area contributed by atoms with Gasteiger partial charge < -0.3 is 15.2 Å². The molecule has 0 spiro atoms. The van der Waals surface area contributed by atoms with Gasteiger partial charge in [0, 0.05) is 22.7 Å². The summed E-state index contributed by atoms with van der Waals surface area (Å²) in [7, 11) is 1.59. The molecule has 1 heterocycles. The molecule has 0 aliphatic rings. The van der Waals surface area contributed by atoms with Crippen LogP contribution < -0.4 is 10.1 Å².